The van der Waals surface area contributed by atoms with Gasteiger partial charge in [0, 0.05) is 0 Å². The van der Waals surface area contributed by atoms with Crippen LogP contribution in [0.5, 0.6) is 0 Å². The second kappa shape index (κ2) is 4.53. The molecular formula is C16H11NO2. The molecule has 0 bridgehead atoms. The van der Waals surface area contributed by atoms with E-state index in [1.54, 1.807) is 12.1 Å². The Balaban J connectivity index is 1.89. The minimum absolute atomic E-state index is 0.446. The van der Waals surface area contributed by atoms with E-state index < -0.39 is 11.7 Å². The third-order valence-corrected chi connectivity index (χ3v) is 3.01. The Labute approximate surface area is 110 Å². The molecule has 3 heteroatoms. The van der Waals surface area contributed by atoms with Gasteiger partial charge in [-0.25, -0.2) is 0 Å². The summed E-state index contributed by atoms with van der Waals surface area (Å²) in [6.45, 7) is 0. The normalized spacial score (nSPS) is 13.7. The number of nitrogens with one attached hydrogen (secondary N) is 1. The quantitative estimate of drug-likeness (QED) is 0.657. The summed E-state index contributed by atoms with van der Waals surface area (Å²) in [6.07, 6.45) is 3.94. The number of hydrogen-bond acceptors (Lipinski definition) is 2. The van der Waals surface area contributed by atoms with Gasteiger partial charge in [0.2, 0.25) is 0 Å². The number of Topliss-reactive ketones (excluding diaryl/α,β-unsaturated/α-hetero) is 1. The first-order valence-corrected chi connectivity index (χ1v) is 5.97. The van der Waals surface area contributed by atoms with Gasteiger partial charge in [-0.05, 0) is 23.3 Å². The van der Waals surface area contributed by atoms with Gasteiger partial charge in [0.05, 0.1) is 11.3 Å². The number of fused-ring (bicyclic) bond motifs is 1. The fourth-order valence-corrected chi connectivity index (χ4v) is 2.02. The van der Waals surface area contributed by atoms with Crippen LogP contribution in [0.2, 0.25) is 0 Å². The first kappa shape index (κ1) is 11.4. The molecule has 92 valence electrons. The lowest BCUT2D eigenvalue weighted by molar-refractivity contribution is -0.112. The Kier molecular flexibility index (Phi) is 2.72. The van der Waals surface area contributed by atoms with E-state index in [-0.39, 0.29) is 0 Å². The van der Waals surface area contributed by atoms with Crippen LogP contribution in [0.1, 0.15) is 21.5 Å². The number of amides is 1. The summed E-state index contributed by atoms with van der Waals surface area (Å²) in [5.41, 5.74) is 3.08. The van der Waals surface area contributed by atoms with Gasteiger partial charge in [-0.3, -0.25) is 9.59 Å². The first-order chi connectivity index (χ1) is 9.24. The smallest absolute Gasteiger partial charge is 0.296 e. The van der Waals surface area contributed by atoms with Crippen molar-refractivity contribution in [3.63, 3.8) is 0 Å². The van der Waals surface area contributed by atoms with E-state index in [0.717, 1.165) is 11.1 Å². The molecule has 1 N–H and O–H groups in total. The molecule has 0 unspecified atom stereocenters. The van der Waals surface area contributed by atoms with Crippen molar-refractivity contribution in [2.45, 2.75) is 0 Å². The fraction of sp³-hybridized carbons (Fsp3) is 0. The highest BCUT2D eigenvalue weighted by Crippen LogP contribution is 2.24. The monoisotopic (exact) mass is 249 g/mol. The molecule has 0 saturated carbocycles. The summed E-state index contributed by atoms with van der Waals surface area (Å²) in [6, 6.07) is 15.2. The van der Waals surface area contributed by atoms with Crippen molar-refractivity contribution in [3.8, 4) is 0 Å². The number of carbonyl (C=O) groups is 2. The highest BCUT2D eigenvalue weighted by atomic mass is 16.2. The molecule has 0 saturated heterocycles. The number of rotatable bonds is 2. The first-order valence-electron chi connectivity index (χ1n) is 5.97. The van der Waals surface area contributed by atoms with E-state index in [4.69, 9.17) is 0 Å². The maximum atomic E-state index is 11.5. The van der Waals surface area contributed by atoms with Crippen molar-refractivity contribution in [1.82, 2.24) is 0 Å². The molecule has 0 radical (unpaired) electrons. The Hall–Kier alpha value is -2.68. The van der Waals surface area contributed by atoms with Crippen LogP contribution in [0.15, 0.2) is 48.5 Å². The van der Waals surface area contributed by atoms with Crippen LogP contribution in [-0.4, -0.2) is 11.7 Å². The molecule has 3 nitrogen and oxygen atoms in total. The molecule has 2 aromatic rings. The van der Waals surface area contributed by atoms with Crippen molar-refractivity contribution in [2.75, 3.05) is 5.32 Å². The lowest BCUT2D eigenvalue weighted by Crippen LogP contribution is -2.12. The summed E-state index contributed by atoms with van der Waals surface area (Å²) in [7, 11) is 0. The lowest BCUT2D eigenvalue weighted by Gasteiger charge is -1.99. The van der Waals surface area contributed by atoms with E-state index in [2.05, 4.69) is 5.32 Å². The number of hydrogen-bond donors (Lipinski definition) is 1. The van der Waals surface area contributed by atoms with Crippen molar-refractivity contribution >= 4 is 29.5 Å². The Bertz CT molecular complexity index is 687. The van der Waals surface area contributed by atoms with Gasteiger partial charge in [0.1, 0.15) is 0 Å². The van der Waals surface area contributed by atoms with Crippen molar-refractivity contribution in [3.05, 3.63) is 65.2 Å². The van der Waals surface area contributed by atoms with E-state index in [0.29, 0.717) is 11.3 Å². The van der Waals surface area contributed by atoms with E-state index in [1.807, 2.05) is 48.6 Å². The molecule has 2 aromatic carbocycles. The molecular weight excluding hydrogens is 238 g/mol. The average Bonchev–Trinajstić information content (AvgIpc) is 2.73. The van der Waals surface area contributed by atoms with Crippen LogP contribution >= 0.6 is 0 Å². The summed E-state index contributed by atoms with van der Waals surface area (Å²) in [5, 5.41) is 2.56. The molecule has 0 aromatic heterocycles. The van der Waals surface area contributed by atoms with Crippen LogP contribution in [0, 0.1) is 0 Å². The van der Waals surface area contributed by atoms with Crippen molar-refractivity contribution in [2.24, 2.45) is 0 Å². The van der Waals surface area contributed by atoms with Gasteiger partial charge < -0.3 is 5.32 Å². The van der Waals surface area contributed by atoms with Crippen LogP contribution in [0.3, 0.4) is 0 Å². The summed E-state index contributed by atoms with van der Waals surface area (Å²) in [4.78, 5) is 22.7. The zero-order valence-electron chi connectivity index (χ0n) is 10.1. The lowest BCUT2D eigenvalue weighted by atomic mass is 10.1. The average molecular weight is 249 g/mol. The van der Waals surface area contributed by atoms with Crippen molar-refractivity contribution in [1.29, 1.82) is 0 Å². The van der Waals surface area contributed by atoms with Crippen LogP contribution in [-0.2, 0) is 4.79 Å². The Morgan fingerprint density at radius 2 is 1.58 bits per heavy atom. The molecule has 1 aliphatic heterocycles. The highest BCUT2D eigenvalue weighted by Gasteiger charge is 2.27. The van der Waals surface area contributed by atoms with E-state index in [1.165, 1.54) is 0 Å². The molecule has 0 fully saturated rings. The zero-order chi connectivity index (χ0) is 13.2. The second-order valence-corrected chi connectivity index (χ2v) is 4.33. The van der Waals surface area contributed by atoms with Gasteiger partial charge >= 0.3 is 0 Å². The molecule has 1 aliphatic rings. The van der Waals surface area contributed by atoms with Gasteiger partial charge in [-0.15, -0.1) is 0 Å². The Morgan fingerprint density at radius 3 is 2.37 bits per heavy atom. The maximum absolute atomic E-state index is 11.5. The standard InChI is InChI=1S/C16H11NO2/c18-15-13-9-8-12(10-14(13)17-16(15)19)7-6-11-4-2-1-3-5-11/h1-10H,(H,17,18,19). The largest absolute Gasteiger partial charge is 0.318 e. The molecule has 0 atom stereocenters. The van der Waals surface area contributed by atoms with Gasteiger partial charge in [-0.2, -0.15) is 0 Å². The molecule has 0 spiro atoms. The van der Waals surface area contributed by atoms with E-state index in [9.17, 15) is 9.59 Å². The minimum atomic E-state index is -0.556. The van der Waals surface area contributed by atoms with Gasteiger partial charge in [0.25, 0.3) is 11.7 Å². The number of ketones is 1. The van der Waals surface area contributed by atoms with Crippen molar-refractivity contribution < 1.29 is 9.59 Å². The highest BCUT2D eigenvalue weighted by molar-refractivity contribution is 6.51. The predicted octanol–water partition coefficient (Wildman–Crippen LogP) is 2.99. The van der Waals surface area contributed by atoms with Crippen LogP contribution in [0.25, 0.3) is 12.2 Å². The SMILES string of the molecule is O=C1Nc2cc(C=Cc3ccccc3)ccc2C1=O. The molecule has 1 amide bonds. The van der Waals surface area contributed by atoms with Gasteiger partial charge in [0.15, 0.2) is 0 Å². The van der Waals surface area contributed by atoms with Crippen LogP contribution < -0.4 is 5.32 Å². The number of carbonyl (C=O) groups excluding carboxylic acids is 2. The molecule has 0 aliphatic carbocycles. The molecule has 1 heterocycles. The third kappa shape index (κ3) is 2.18. The van der Waals surface area contributed by atoms with Gasteiger partial charge in [-0.1, -0.05) is 48.6 Å². The zero-order valence-corrected chi connectivity index (χ0v) is 10.1. The predicted molar refractivity (Wildman–Crippen MR) is 74.8 cm³/mol. The summed E-state index contributed by atoms with van der Waals surface area (Å²) >= 11 is 0. The fourth-order valence-electron chi connectivity index (χ4n) is 2.02. The molecule has 3 rings (SSSR count). The summed E-state index contributed by atoms with van der Waals surface area (Å²) in [5.74, 6) is -1.02. The van der Waals surface area contributed by atoms with E-state index >= 15 is 0 Å². The second-order valence-electron chi connectivity index (χ2n) is 4.33. The minimum Gasteiger partial charge on any atom is -0.318 e. The topological polar surface area (TPSA) is 46.2 Å². The van der Waals surface area contributed by atoms with Crippen LogP contribution in [0.4, 0.5) is 5.69 Å². The summed E-state index contributed by atoms with van der Waals surface area (Å²) < 4.78 is 0. The maximum Gasteiger partial charge on any atom is 0.296 e. The number of anilines is 1. The third-order valence-electron chi connectivity index (χ3n) is 3.01. The molecule has 19 heavy (non-hydrogen) atoms. The Morgan fingerprint density at radius 1 is 0.842 bits per heavy atom. The number of benzene rings is 2.